The first kappa shape index (κ1) is 30.7. The molecule has 3 unspecified atom stereocenters. The fourth-order valence-electron chi connectivity index (χ4n) is 5.09. The molecule has 3 atom stereocenters. The molecule has 236 valence electrons. The van der Waals surface area contributed by atoms with Gasteiger partial charge in [0.25, 0.3) is 5.79 Å². The summed E-state index contributed by atoms with van der Waals surface area (Å²) < 4.78 is 17.7. The molecule has 0 spiro atoms. The standard InChI is InChI=1S/C30H33N13O3/c1-22(24-10-5-3-6-11-24)41-28(33-36-38-41)20-46-30(21-44,29-34-37-39-42(29)23(2)25-12-7-4-8-13-25)45-19-9-14-27-32-35-40-43(27)26-15-17-31-18-16-26/h3-8,10-13,15-18,22-23,44H,9,14,19-21H2,1-2H3. The van der Waals surface area contributed by atoms with E-state index in [1.165, 1.54) is 0 Å². The molecule has 0 radical (unpaired) electrons. The van der Waals surface area contributed by atoms with E-state index in [0.717, 1.165) is 16.8 Å². The SMILES string of the molecule is CC(c1ccccc1)n1nnnc1COC(CO)(OCCCc1nnnn1-c1ccncc1)c1nnnn1C(C)c1ccccc1. The van der Waals surface area contributed by atoms with Crippen LogP contribution < -0.4 is 0 Å². The van der Waals surface area contributed by atoms with Crippen molar-refractivity contribution in [2.45, 2.75) is 51.2 Å². The van der Waals surface area contributed by atoms with Crippen LogP contribution in [-0.4, -0.2) is 83.9 Å². The first-order valence-corrected chi connectivity index (χ1v) is 14.8. The van der Waals surface area contributed by atoms with E-state index in [2.05, 4.69) is 51.6 Å². The lowest BCUT2D eigenvalue weighted by molar-refractivity contribution is -0.278. The number of nitrogens with zero attached hydrogens (tertiary/aromatic N) is 13. The smallest absolute Gasteiger partial charge is 0.256 e. The Morgan fingerprint density at radius 1 is 0.717 bits per heavy atom. The molecule has 0 aliphatic heterocycles. The zero-order valence-electron chi connectivity index (χ0n) is 25.4. The normalized spacial score (nSPS) is 14.2. The van der Waals surface area contributed by atoms with Crippen molar-refractivity contribution in [3.63, 3.8) is 0 Å². The van der Waals surface area contributed by atoms with Gasteiger partial charge in [-0.2, -0.15) is 4.68 Å². The van der Waals surface area contributed by atoms with Gasteiger partial charge in [0.2, 0.25) is 5.82 Å². The average Bonchev–Trinajstić information content (AvgIpc) is 3.91. The first-order valence-electron chi connectivity index (χ1n) is 14.8. The van der Waals surface area contributed by atoms with E-state index in [1.54, 1.807) is 26.4 Å². The van der Waals surface area contributed by atoms with Crippen LogP contribution in [0.15, 0.2) is 85.2 Å². The number of hydrogen-bond acceptors (Lipinski definition) is 13. The molecule has 0 fully saturated rings. The summed E-state index contributed by atoms with van der Waals surface area (Å²) in [5.41, 5.74) is 2.78. The predicted molar refractivity (Wildman–Crippen MR) is 161 cm³/mol. The van der Waals surface area contributed by atoms with Gasteiger partial charge in [0.1, 0.15) is 13.2 Å². The van der Waals surface area contributed by atoms with Gasteiger partial charge in [-0.05, 0) is 74.8 Å². The van der Waals surface area contributed by atoms with Gasteiger partial charge in [-0.15, -0.1) is 15.3 Å². The number of hydrogen-bond donors (Lipinski definition) is 1. The van der Waals surface area contributed by atoms with Crippen molar-refractivity contribution in [3.8, 4) is 5.69 Å². The van der Waals surface area contributed by atoms with Crippen LogP contribution in [0.5, 0.6) is 0 Å². The summed E-state index contributed by atoms with van der Waals surface area (Å²) in [5.74, 6) is -0.481. The Balaban J connectivity index is 1.25. The van der Waals surface area contributed by atoms with Crippen molar-refractivity contribution >= 4 is 0 Å². The van der Waals surface area contributed by atoms with Crippen molar-refractivity contribution in [1.29, 1.82) is 0 Å². The Hall–Kier alpha value is -5.32. The van der Waals surface area contributed by atoms with Crippen molar-refractivity contribution in [2.24, 2.45) is 0 Å². The second kappa shape index (κ2) is 14.2. The lowest BCUT2D eigenvalue weighted by atomic mass is 10.1. The molecule has 2 aromatic carbocycles. The highest BCUT2D eigenvalue weighted by molar-refractivity contribution is 5.28. The largest absolute Gasteiger partial charge is 0.390 e. The molecular weight excluding hydrogens is 590 g/mol. The Morgan fingerprint density at radius 2 is 1.33 bits per heavy atom. The van der Waals surface area contributed by atoms with Crippen molar-refractivity contribution in [3.05, 3.63) is 114 Å². The fourth-order valence-corrected chi connectivity index (χ4v) is 5.09. The minimum absolute atomic E-state index is 0.0996. The van der Waals surface area contributed by atoms with E-state index in [1.807, 2.05) is 86.6 Å². The molecular formula is C30H33N13O3. The zero-order valence-corrected chi connectivity index (χ0v) is 25.4. The number of ether oxygens (including phenoxy) is 2. The second-order valence-corrected chi connectivity index (χ2v) is 10.5. The molecule has 0 aliphatic rings. The molecule has 4 heterocycles. The molecule has 0 amide bonds. The minimum Gasteiger partial charge on any atom is -0.390 e. The van der Waals surface area contributed by atoms with Gasteiger partial charge in [0.15, 0.2) is 11.6 Å². The van der Waals surface area contributed by atoms with Crippen LogP contribution in [0.2, 0.25) is 0 Å². The van der Waals surface area contributed by atoms with Gasteiger partial charge in [0, 0.05) is 18.8 Å². The van der Waals surface area contributed by atoms with Crippen LogP contribution in [0.1, 0.15) is 61.0 Å². The van der Waals surface area contributed by atoms with Crippen LogP contribution >= 0.6 is 0 Å². The summed E-state index contributed by atoms with van der Waals surface area (Å²) in [4.78, 5) is 4.05. The number of rotatable bonds is 15. The summed E-state index contributed by atoms with van der Waals surface area (Å²) in [6.45, 7) is 3.42. The summed E-state index contributed by atoms with van der Waals surface area (Å²) in [5, 5.41) is 47.8. The zero-order chi connectivity index (χ0) is 31.8. The number of aliphatic hydroxyl groups excluding tert-OH is 1. The molecule has 16 nitrogen and oxygen atoms in total. The molecule has 0 bridgehead atoms. The third kappa shape index (κ3) is 6.53. The number of aliphatic hydroxyl groups is 1. The van der Waals surface area contributed by atoms with E-state index in [-0.39, 0.29) is 31.1 Å². The highest BCUT2D eigenvalue weighted by Crippen LogP contribution is 2.30. The molecule has 1 N–H and O–H groups in total. The van der Waals surface area contributed by atoms with E-state index < -0.39 is 12.4 Å². The van der Waals surface area contributed by atoms with Crippen LogP contribution in [0.25, 0.3) is 5.69 Å². The number of aryl methyl sites for hydroxylation is 1. The van der Waals surface area contributed by atoms with E-state index in [9.17, 15) is 5.11 Å². The number of aromatic nitrogens is 13. The highest BCUT2D eigenvalue weighted by atomic mass is 16.7. The van der Waals surface area contributed by atoms with Gasteiger partial charge in [-0.25, -0.2) is 9.36 Å². The van der Waals surface area contributed by atoms with Crippen molar-refractivity contribution in [2.75, 3.05) is 13.2 Å². The third-order valence-electron chi connectivity index (χ3n) is 7.66. The van der Waals surface area contributed by atoms with E-state index >= 15 is 0 Å². The van der Waals surface area contributed by atoms with Crippen LogP contribution in [-0.2, 0) is 28.3 Å². The van der Waals surface area contributed by atoms with Crippen molar-refractivity contribution in [1.82, 2.24) is 65.6 Å². The Kier molecular flexibility index (Phi) is 9.47. The molecule has 0 saturated heterocycles. The third-order valence-corrected chi connectivity index (χ3v) is 7.66. The van der Waals surface area contributed by atoms with E-state index in [0.29, 0.717) is 24.5 Å². The second-order valence-electron chi connectivity index (χ2n) is 10.5. The monoisotopic (exact) mass is 623 g/mol. The molecule has 6 aromatic rings. The quantitative estimate of drug-likeness (QED) is 0.130. The Bertz CT molecular complexity index is 1800. The van der Waals surface area contributed by atoms with Gasteiger partial charge in [-0.3, -0.25) is 4.98 Å². The predicted octanol–water partition coefficient (Wildman–Crippen LogP) is 2.26. The molecule has 6 rings (SSSR count). The summed E-state index contributed by atoms with van der Waals surface area (Å²) in [6, 6.07) is 22.8. The average molecular weight is 624 g/mol. The van der Waals surface area contributed by atoms with Gasteiger partial charge in [0.05, 0.1) is 24.4 Å². The van der Waals surface area contributed by atoms with Gasteiger partial charge >= 0.3 is 0 Å². The maximum absolute atomic E-state index is 10.9. The van der Waals surface area contributed by atoms with Crippen molar-refractivity contribution < 1.29 is 14.6 Å². The lowest BCUT2D eigenvalue weighted by Crippen LogP contribution is -2.41. The number of benzene rings is 2. The molecule has 46 heavy (non-hydrogen) atoms. The minimum atomic E-state index is -1.75. The van der Waals surface area contributed by atoms with Crippen LogP contribution in [0.3, 0.4) is 0 Å². The number of tetrazole rings is 3. The van der Waals surface area contributed by atoms with Crippen LogP contribution in [0.4, 0.5) is 0 Å². The summed E-state index contributed by atoms with van der Waals surface area (Å²) in [7, 11) is 0. The Labute approximate surface area is 264 Å². The number of pyridine rings is 1. The summed E-state index contributed by atoms with van der Waals surface area (Å²) in [6.07, 6.45) is 4.33. The lowest BCUT2D eigenvalue weighted by Gasteiger charge is -2.31. The summed E-state index contributed by atoms with van der Waals surface area (Å²) >= 11 is 0. The Morgan fingerprint density at radius 3 is 2.02 bits per heavy atom. The molecule has 0 aliphatic carbocycles. The molecule has 4 aromatic heterocycles. The van der Waals surface area contributed by atoms with Gasteiger partial charge in [-0.1, -0.05) is 60.7 Å². The maximum Gasteiger partial charge on any atom is 0.256 e. The maximum atomic E-state index is 10.9. The van der Waals surface area contributed by atoms with Gasteiger partial charge < -0.3 is 14.6 Å². The topological polar surface area (TPSA) is 182 Å². The fraction of sp³-hybridized carbons (Fsp3) is 0.333. The highest BCUT2D eigenvalue weighted by Gasteiger charge is 2.42. The first-order chi connectivity index (χ1) is 22.6. The van der Waals surface area contributed by atoms with Crippen LogP contribution in [0, 0.1) is 0 Å². The molecule has 0 saturated carbocycles. The molecule has 16 heteroatoms. The van der Waals surface area contributed by atoms with E-state index in [4.69, 9.17) is 9.47 Å².